The van der Waals surface area contributed by atoms with Gasteiger partial charge < -0.3 is 14.7 Å². The molecule has 0 spiro atoms. The molecular formula is C22H25FN3O2S+. The van der Waals surface area contributed by atoms with Crippen molar-refractivity contribution in [2.45, 2.75) is 11.4 Å². The molecule has 1 N–H and O–H groups in total. The lowest BCUT2D eigenvalue weighted by Gasteiger charge is -2.37. The number of thioether (sulfide) groups is 1. The molecule has 2 aliphatic rings. The minimum atomic E-state index is -0.674. The van der Waals surface area contributed by atoms with E-state index in [4.69, 9.17) is 0 Å². The van der Waals surface area contributed by atoms with Crippen LogP contribution >= 0.6 is 11.8 Å². The number of hydrogen-bond acceptors (Lipinski definition) is 3. The van der Waals surface area contributed by atoms with Crippen molar-refractivity contribution in [3.05, 3.63) is 71.5 Å². The van der Waals surface area contributed by atoms with E-state index in [0.717, 1.165) is 24.2 Å². The number of quaternary nitrogens is 1. The van der Waals surface area contributed by atoms with Crippen molar-refractivity contribution in [2.75, 3.05) is 39.0 Å². The number of piperazine rings is 1. The Morgan fingerprint density at radius 3 is 2.41 bits per heavy atom. The highest BCUT2D eigenvalue weighted by Crippen LogP contribution is 2.44. The zero-order chi connectivity index (χ0) is 20.4. The Kier molecular flexibility index (Phi) is 5.87. The molecule has 152 valence electrons. The van der Waals surface area contributed by atoms with Gasteiger partial charge in [0, 0.05) is 0 Å². The van der Waals surface area contributed by atoms with E-state index in [0.29, 0.717) is 18.8 Å². The van der Waals surface area contributed by atoms with Crippen LogP contribution in [0.25, 0.3) is 0 Å². The average molecular weight is 415 g/mol. The number of likely N-dealkylation sites (N-methyl/N-ethyl adjacent to an activating group) is 1. The third-order valence-corrected chi connectivity index (χ3v) is 6.85. The smallest absolute Gasteiger partial charge is 0.250 e. The standard InChI is InChI=1S/C22H24FN3O2S/c1-24-11-13-25(14-12-24)21(28)20(16-5-3-2-4-6-16)26-19(27)15-29-22(26)17-7-9-18(23)10-8-17/h2-10,20,22H,11-15H2,1H3/p+1/t20-,22+/m1/s1. The number of halogens is 1. The molecule has 0 radical (unpaired) electrons. The van der Waals surface area contributed by atoms with Crippen LogP contribution in [0.5, 0.6) is 0 Å². The van der Waals surface area contributed by atoms with Crippen molar-refractivity contribution in [3.63, 3.8) is 0 Å². The van der Waals surface area contributed by atoms with E-state index in [1.807, 2.05) is 35.2 Å². The lowest BCUT2D eigenvalue weighted by Crippen LogP contribution is -3.12. The SMILES string of the molecule is C[NH+]1CCN(C(=O)[C@@H](c2ccccc2)N2C(=O)CS[C@H]2c2ccc(F)cc2)CC1. The molecular weight excluding hydrogens is 389 g/mol. The monoisotopic (exact) mass is 414 g/mol. The zero-order valence-electron chi connectivity index (χ0n) is 16.4. The van der Waals surface area contributed by atoms with Gasteiger partial charge in [-0.15, -0.1) is 11.8 Å². The number of nitrogens with one attached hydrogen (secondary N) is 1. The molecule has 4 rings (SSSR count). The van der Waals surface area contributed by atoms with Crippen molar-refractivity contribution in [2.24, 2.45) is 0 Å². The van der Waals surface area contributed by atoms with E-state index in [2.05, 4.69) is 7.05 Å². The minimum Gasteiger partial charge on any atom is -0.334 e. The molecule has 0 aliphatic carbocycles. The van der Waals surface area contributed by atoms with E-state index in [1.54, 1.807) is 17.0 Å². The second-order valence-corrected chi connectivity index (χ2v) is 8.68. The van der Waals surface area contributed by atoms with E-state index < -0.39 is 6.04 Å². The molecule has 2 aliphatic heterocycles. The van der Waals surface area contributed by atoms with Crippen LogP contribution in [0, 0.1) is 5.82 Å². The van der Waals surface area contributed by atoms with Gasteiger partial charge in [-0.3, -0.25) is 9.59 Å². The first kappa shape index (κ1) is 19.9. The maximum absolute atomic E-state index is 13.6. The fourth-order valence-electron chi connectivity index (χ4n) is 3.94. The fourth-order valence-corrected chi connectivity index (χ4v) is 5.14. The van der Waals surface area contributed by atoms with E-state index in [-0.39, 0.29) is 23.0 Å². The van der Waals surface area contributed by atoms with Crippen molar-refractivity contribution < 1.29 is 18.9 Å². The Morgan fingerprint density at radius 1 is 1.10 bits per heavy atom. The van der Waals surface area contributed by atoms with Gasteiger partial charge in [-0.05, 0) is 23.3 Å². The topological polar surface area (TPSA) is 45.1 Å². The third-order valence-electron chi connectivity index (χ3n) is 5.62. The highest BCUT2D eigenvalue weighted by Gasteiger charge is 2.43. The van der Waals surface area contributed by atoms with Crippen LogP contribution in [0.1, 0.15) is 22.5 Å². The largest absolute Gasteiger partial charge is 0.334 e. The minimum absolute atomic E-state index is 0.0355. The molecule has 2 aromatic carbocycles. The summed E-state index contributed by atoms with van der Waals surface area (Å²) in [5.74, 6) is -0.103. The highest BCUT2D eigenvalue weighted by atomic mass is 32.2. The number of carbonyl (C=O) groups excluding carboxylic acids is 2. The number of carbonyl (C=O) groups is 2. The Labute approximate surface area is 174 Å². The molecule has 2 amide bonds. The fraction of sp³-hybridized carbons (Fsp3) is 0.364. The van der Waals surface area contributed by atoms with Crippen LogP contribution in [-0.4, -0.2) is 60.6 Å². The molecule has 2 saturated heterocycles. The lowest BCUT2D eigenvalue weighted by atomic mass is 10.0. The summed E-state index contributed by atoms with van der Waals surface area (Å²) < 4.78 is 13.4. The average Bonchev–Trinajstić information content (AvgIpc) is 3.11. The first-order chi connectivity index (χ1) is 14.0. The van der Waals surface area contributed by atoms with Crippen molar-refractivity contribution in [3.8, 4) is 0 Å². The Morgan fingerprint density at radius 2 is 1.76 bits per heavy atom. The molecule has 0 saturated carbocycles. The molecule has 0 unspecified atom stereocenters. The molecule has 2 heterocycles. The molecule has 2 atom stereocenters. The summed E-state index contributed by atoms with van der Waals surface area (Å²) in [6.07, 6.45) is 0. The molecule has 0 bridgehead atoms. The Bertz CT molecular complexity index is 869. The lowest BCUT2D eigenvalue weighted by molar-refractivity contribution is -0.883. The molecule has 2 fully saturated rings. The number of hydrogen-bond donors (Lipinski definition) is 1. The van der Waals surface area contributed by atoms with Gasteiger partial charge in [0.25, 0.3) is 0 Å². The maximum atomic E-state index is 13.6. The molecule has 5 nitrogen and oxygen atoms in total. The van der Waals surface area contributed by atoms with E-state index >= 15 is 0 Å². The van der Waals surface area contributed by atoms with Crippen molar-refractivity contribution in [1.82, 2.24) is 9.80 Å². The predicted octanol–water partition coefficient (Wildman–Crippen LogP) is 1.50. The van der Waals surface area contributed by atoms with E-state index in [9.17, 15) is 14.0 Å². The Balaban J connectivity index is 1.70. The second-order valence-electron chi connectivity index (χ2n) is 7.61. The van der Waals surface area contributed by atoms with Gasteiger partial charge >= 0.3 is 0 Å². The van der Waals surface area contributed by atoms with Crippen LogP contribution in [0.3, 0.4) is 0 Å². The molecule has 2 aromatic rings. The second kappa shape index (κ2) is 8.55. The first-order valence-electron chi connectivity index (χ1n) is 9.88. The van der Waals surface area contributed by atoms with Crippen LogP contribution in [0.4, 0.5) is 4.39 Å². The number of nitrogens with zero attached hydrogens (tertiary/aromatic N) is 2. The summed E-state index contributed by atoms with van der Waals surface area (Å²) in [5.41, 5.74) is 1.64. The summed E-state index contributed by atoms with van der Waals surface area (Å²) in [7, 11) is 2.13. The van der Waals surface area contributed by atoms with Crippen LogP contribution in [-0.2, 0) is 9.59 Å². The normalized spacial score (nSPS) is 21.4. The molecule has 0 aromatic heterocycles. The Hall–Kier alpha value is -2.38. The van der Waals surface area contributed by atoms with Gasteiger partial charge in [-0.25, -0.2) is 4.39 Å². The zero-order valence-corrected chi connectivity index (χ0v) is 17.2. The maximum Gasteiger partial charge on any atom is 0.250 e. The van der Waals surface area contributed by atoms with Gasteiger partial charge in [0.2, 0.25) is 11.8 Å². The van der Waals surface area contributed by atoms with Gasteiger partial charge in [0.15, 0.2) is 0 Å². The van der Waals surface area contributed by atoms with Gasteiger partial charge in [0.05, 0.1) is 39.0 Å². The number of benzene rings is 2. The highest BCUT2D eigenvalue weighted by molar-refractivity contribution is 8.00. The van der Waals surface area contributed by atoms with Crippen molar-refractivity contribution >= 4 is 23.6 Å². The van der Waals surface area contributed by atoms with Gasteiger partial charge in [-0.1, -0.05) is 42.5 Å². The number of amides is 2. The van der Waals surface area contributed by atoms with Gasteiger partial charge in [0.1, 0.15) is 17.2 Å². The summed E-state index contributed by atoms with van der Waals surface area (Å²) in [4.78, 5) is 31.5. The summed E-state index contributed by atoms with van der Waals surface area (Å²) in [6, 6.07) is 15.0. The summed E-state index contributed by atoms with van der Waals surface area (Å²) in [5, 5.41) is -0.310. The summed E-state index contributed by atoms with van der Waals surface area (Å²) >= 11 is 1.48. The molecule has 29 heavy (non-hydrogen) atoms. The van der Waals surface area contributed by atoms with Crippen LogP contribution in [0.15, 0.2) is 54.6 Å². The quantitative estimate of drug-likeness (QED) is 0.825. The predicted molar refractivity (Wildman–Crippen MR) is 111 cm³/mol. The third kappa shape index (κ3) is 4.16. The van der Waals surface area contributed by atoms with E-state index in [1.165, 1.54) is 28.8 Å². The van der Waals surface area contributed by atoms with Crippen LogP contribution in [0.2, 0.25) is 0 Å². The van der Waals surface area contributed by atoms with Crippen molar-refractivity contribution in [1.29, 1.82) is 0 Å². The summed E-state index contributed by atoms with van der Waals surface area (Å²) in [6.45, 7) is 3.17. The molecule has 7 heteroatoms. The number of rotatable bonds is 4. The first-order valence-corrected chi connectivity index (χ1v) is 10.9. The van der Waals surface area contributed by atoms with Gasteiger partial charge in [-0.2, -0.15) is 0 Å². The van der Waals surface area contributed by atoms with Crippen LogP contribution < -0.4 is 4.90 Å².